The number of hydrogen-bond donors (Lipinski definition) is 4. The first kappa shape index (κ1) is 23.8. The number of hydrogen-bond acceptors (Lipinski definition) is 6. The van der Waals surface area contributed by atoms with Gasteiger partial charge in [0, 0.05) is 5.69 Å². The monoisotopic (exact) mass is 446 g/mol. The van der Waals surface area contributed by atoms with Crippen LogP contribution in [0.1, 0.15) is 11.3 Å². The minimum Gasteiger partial charge on any atom is -0.391 e. The number of oxime groups is 1. The summed E-state index contributed by atoms with van der Waals surface area (Å²) in [4.78, 5) is 29.6. The Balaban J connectivity index is 2.08. The highest BCUT2D eigenvalue weighted by Gasteiger charge is 2.17. The average molecular weight is 446 g/mol. The van der Waals surface area contributed by atoms with E-state index in [-0.39, 0.29) is 31.3 Å². The van der Waals surface area contributed by atoms with E-state index in [9.17, 15) is 18.0 Å². The number of aromatic nitrogens is 1. The van der Waals surface area contributed by atoms with E-state index in [1.807, 2.05) is 0 Å². The van der Waals surface area contributed by atoms with Crippen LogP contribution in [0.3, 0.4) is 0 Å². The van der Waals surface area contributed by atoms with Crippen LogP contribution in [-0.4, -0.2) is 45.8 Å². The Hall–Kier alpha value is -3.48. The minimum atomic E-state index is -3.91. The topological polar surface area (TPSA) is 171 Å². The van der Waals surface area contributed by atoms with Crippen LogP contribution in [0.2, 0.25) is 0 Å². The van der Waals surface area contributed by atoms with Crippen molar-refractivity contribution in [3.8, 4) is 0 Å². The predicted molar refractivity (Wildman–Crippen MR) is 118 cm³/mol. The molecule has 31 heavy (non-hydrogen) atoms. The molecule has 0 aliphatic carbocycles. The Morgan fingerprint density at radius 2 is 1.94 bits per heavy atom. The van der Waals surface area contributed by atoms with Crippen molar-refractivity contribution in [2.24, 2.45) is 16.6 Å². The molecule has 2 radical (unpaired) electrons. The van der Waals surface area contributed by atoms with Crippen molar-refractivity contribution >= 4 is 40.9 Å². The lowest BCUT2D eigenvalue weighted by atomic mass is 9.92. The molecule has 164 valence electrons. The second-order valence-corrected chi connectivity index (χ2v) is 8.26. The van der Waals surface area contributed by atoms with E-state index in [2.05, 4.69) is 15.2 Å². The molecular weight excluding hydrogens is 423 g/mol. The first-order valence-electron chi connectivity index (χ1n) is 9.11. The van der Waals surface area contributed by atoms with E-state index in [0.29, 0.717) is 16.7 Å². The fraction of sp³-hybridized carbons (Fsp3) is 0.278. The summed E-state index contributed by atoms with van der Waals surface area (Å²) < 4.78 is 28.4. The highest BCUT2D eigenvalue weighted by molar-refractivity contribution is 7.91. The van der Waals surface area contributed by atoms with E-state index >= 15 is 0 Å². The van der Waals surface area contributed by atoms with Crippen LogP contribution < -0.4 is 32.5 Å². The van der Waals surface area contributed by atoms with Gasteiger partial charge in [0.1, 0.15) is 26.7 Å². The van der Waals surface area contributed by atoms with Gasteiger partial charge in [-0.1, -0.05) is 29.7 Å². The number of carbonyl (C=O) groups excluding carboxylic acids is 1. The highest BCUT2D eigenvalue weighted by atomic mass is 32.2. The van der Waals surface area contributed by atoms with E-state index in [0.717, 1.165) is 4.57 Å². The summed E-state index contributed by atoms with van der Waals surface area (Å²) in [7, 11) is 1.88. The van der Waals surface area contributed by atoms with Gasteiger partial charge in [-0.25, -0.2) is 8.42 Å². The van der Waals surface area contributed by atoms with Crippen LogP contribution in [0.4, 0.5) is 5.69 Å². The number of guanidine groups is 1. The van der Waals surface area contributed by atoms with Crippen molar-refractivity contribution in [1.82, 2.24) is 9.88 Å². The molecule has 1 amide bonds. The van der Waals surface area contributed by atoms with Gasteiger partial charge in [0.15, 0.2) is 0 Å². The normalized spacial score (nSPS) is 10.9. The Kier molecular flexibility index (Phi) is 8.08. The Labute approximate surface area is 180 Å². The number of sulfonamides is 1. The fourth-order valence-electron chi connectivity index (χ4n) is 2.57. The van der Waals surface area contributed by atoms with Gasteiger partial charge in [-0.15, -0.1) is 0 Å². The van der Waals surface area contributed by atoms with Crippen molar-refractivity contribution in [1.29, 1.82) is 0 Å². The molecule has 0 atom stereocenters. The maximum atomic E-state index is 12.7. The second kappa shape index (κ2) is 10.5. The average Bonchev–Trinajstić information content (AvgIpc) is 2.68. The van der Waals surface area contributed by atoms with Crippen LogP contribution in [0.5, 0.6) is 0 Å². The molecule has 6 N–H and O–H groups in total. The maximum Gasteiger partial charge on any atom is 0.275 e. The minimum absolute atomic E-state index is 0.0278. The number of pyridine rings is 1. The smallest absolute Gasteiger partial charge is 0.275 e. The number of nitrogens with two attached hydrogens (primary N) is 2. The van der Waals surface area contributed by atoms with E-state index in [4.69, 9.17) is 24.2 Å². The second-order valence-electron chi connectivity index (χ2n) is 6.54. The highest BCUT2D eigenvalue weighted by Crippen LogP contribution is 2.09. The number of benzene rings is 1. The number of nitrogens with zero attached hydrogens (tertiary/aromatic N) is 2. The number of aryl methyl sites for hydroxylation is 1. The third kappa shape index (κ3) is 7.37. The lowest BCUT2D eigenvalue weighted by Crippen LogP contribution is -2.36. The zero-order chi connectivity index (χ0) is 23.0. The molecule has 0 saturated heterocycles. The summed E-state index contributed by atoms with van der Waals surface area (Å²) in [6.07, 6.45) is 0. The molecule has 0 unspecified atom stereocenters. The van der Waals surface area contributed by atoms with Gasteiger partial charge in [0.2, 0.25) is 21.9 Å². The molecule has 1 heterocycles. The predicted octanol–water partition coefficient (Wildman–Crippen LogP) is -1.79. The van der Waals surface area contributed by atoms with E-state index in [1.54, 1.807) is 31.2 Å². The molecule has 2 rings (SSSR count). The summed E-state index contributed by atoms with van der Waals surface area (Å²) in [6, 6.07) is 9.41. The number of rotatable bonds is 10. The quantitative estimate of drug-likeness (QED) is 0.110. The van der Waals surface area contributed by atoms with Gasteiger partial charge in [-0.3, -0.25) is 14.3 Å². The van der Waals surface area contributed by atoms with Gasteiger partial charge in [0.25, 0.3) is 5.56 Å². The lowest BCUT2D eigenvalue weighted by molar-refractivity contribution is -0.122. The van der Waals surface area contributed by atoms with Crippen molar-refractivity contribution in [3.63, 3.8) is 0 Å². The largest absolute Gasteiger partial charge is 0.391 e. The standard InChI is InChI=1S/C18H23BN6O5S/c1-12-6-7-15(24-31(28,29)11-13-4-2-3-5-14(13)19)17(27)25(12)10-16(26)22-8-9-30-23-18(20)21/h2-7,24H,8-11H2,1H3,(H,22,26)(H4,20,21,23). The summed E-state index contributed by atoms with van der Waals surface area (Å²) in [6.45, 7) is 1.45. The van der Waals surface area contributed by atoms with E-state index < -0.39 is 27.2 Å². The Bertz CT molecular complexity index is 1130. The van der Waals surface area contributed by atoms with Crippen molar-refractivity contribution < 1.29 is 18.0 Å². The molecule has 11 nitrogen and oxygen atoms in total. The van der Waals surface area contributed by atoms with Crippen LogP contribution in [-0.2, 0) is 32.0 Å². The molecule has 1 aromatic heterocycles. The van der Waals surface area contributed by atoms with Crippen LogP contribution in [0.15, 0.2) is 46.3 Å². The zero-order valence-corrected chi connectivity index (χ0v) is 17.7. The summed E-state index contributed by atoms with van der Waals surface area (Å²) in [5.74, 6) is -1.12. The number of anilines is 1. The van der Waals surface area contributed by atoms with Gasteiger partial charge in [0.05, 0.1) is 12.3 Å². The summed E-state index contributed by atoms with van der Waals surface area (Å²) in [5, 5.41) is 5.85. The van der Waals surface area contributed by atoms with Crippen LogP contribution in [0.25, 0.3) is 0 Å². The van der Waals surface area contributed by atoms with Gasteiger partial charge < -0.3 is 26.2 Å². The summed E-state index contributed by atoms with van der Waals surface area (Å²) >= 11 is 0. The van der Waals surface area contributed by atoms with Crippen molar-refractivity contribution in [2.75, 3.05) is 17.9 Å². The third-order valence-electron chi connectivity index (χ3n) is 4.05. The molecule has 2 aromatic rings. The fourth-order valence-corrected chi connectivity index (χ4v) is 3.81. The first-order chi connectivity index (χ1) is 14.6. The molecule has 0 spiro atoms. The maximum absolute atomic E-state index is 12.7. The molecule has 13 heteroatoms. The number of carbonyl (C=O) groups is 1. The van der Waals surface area contributed by atoms with E-state index in [1.165, 1.54) is 12.1 Å². The molecule has 0 fully saturated rings. The van der Waals surface area contributed by atoms with Crippen LogP contribution in [0, 0.1) is 6.92 Å². The first-order valence-corrected chi connectivity index (χ1v) is 10.8. The Morgan fingerprint density at radius 3 is 2.61 bits per heavy atom. The van der Waals surface area contributed by atoms with Crippen molar-refractivity contribution in [3.05, 3.63) is 58.0 Å². The molecule has 0 bridgehead atoms. The molecule has 0 saturated carbocycles. The lowest BCUT2D eigenvalue weighted by Gasteiger charge is -2.14. The van der Waals surface area contributed by atoms with Gasteiger partial charge >= 0.3 is 0 Å². The SMILES string of the molecule is [B]c1ccccc1CS(=O)(=O)Nc1ccc(C)n(CC(=O)NCCON=C(N)N)c1=O. The zero-order valence-electron chi connectivity index (χ0n) is 16.9. The van der Waals surface area contributed by atoms with Crippen molar-refractivity contribution in [2.45, 2.75) is 19.2 Å². The van der Waals surface area contributed by atoms with Gasteiger partial charge in [-0.05, 0) is 29.8 Å². The molecular formula is C18H23BN6O5S. The molecule has 0 aliphatic heterocycles. The van der Waals surface area contributed by atoms with Gasteiger partial charge in [-0.2, -0.15) is 0 Å². The Morgan fingerprint density at radius 1 is 1.23 bits per heavy atom. The number of amides is 1. The summed E-state index contributed by atoms with van der Waals surface area (Å²) in [5.41, 5.74) is 10.6. The number of nitrogens with one attached hydrogen (secondary N) is 2. The van der Waals surface area contributed by atoms with Crippen LogP contribution >= 0.6 is 0 Å². The third-order valence-corrected chi connectivity index (χ3v) is 5.27. The molecule has 1 aromatic carbocycles. The molecule has 0 aliphatic rings.